The summed E-state index contributed by atoms with van der Waals surface area (Å²) >= 11 is 0. The van der Waals surface area contributed by atoms with Gasteiger partial charge in [0.2, 0.25) is 5.95 Å². The Labute approximate surface area is 123 Å². The van der Waals surface area contributed by atoms with Gasteiger partial charge in [-0.25, -0.2) is 4.98 Å². The van der Waals surface area contributed by atoms with Gasteiger partial charge in [-0.05, 0) is 25.7 Å². The van der Waals surface area contributed by atoms with Crippen molar-refractivity contribution in [3.8, 4) is 0 Å². The average molecular weight is 276 g/mol. The van der Waals surface area contributed by atoms with Gasteiger partial charge in [0.15, 0.2) is 0 Å². The Morgan fingerprint density at radius 3 is 2.45 bits per heavy atom. The largest absolute Gasteiger partial charge is 0.370 e. The van der Waals surface area contributed by atoms with E-state index in [1.807, 2.05) is 0 Å². The molecule has 1 fully saturated rings. The Kier molecular flexibility index (Phi) is 4.84. The fourth-order valence-electron chi connectivity index (χ4n) is 2.40. The Bertz CT molecular complexity index is 431. The topological polar surface area (TPSA) is 41.1 Å². The van der Waals surface area contributed by atoms with E-state index in [0.717, 1.165) is 43.5 Å². The van der Waals surface area contributed by atoms with Crippen molar-refractivity contribution < 1.29 is 0 Å². The molecule has 0 radical (unpaired) electrons. The van der Waals surface area contributed by atoms with Crippen molar-refractivity contribution in [3.05, 3.63) is 11.8 Å². The summed E-state index contributed by atoms with van der Waals surface area (Å²) in [5.41, 5.74) is 1.17. The van der Waals surface area contributed by atoms with E-state index in [9.17, 15) is 0 Å². The molecule has 1 N–H and O–H groups in total. The van der Waals surface area contributed by atoms with E-state index in [4.69, 9.17) is 9.97 Å². The number of aromatic nitrogens is 2. The fraction of sp³-hybridized carbons (Fsp3) is 0.750. The summed E-state index contributed by atoms with van der Waals surface area (Å²) in [5, 5.41) is 3.41. The minimum Gasteiger partial charge on any atom is -0.370 e. The van der Waals surface area contributed by atoms with Gasteiger partial charge < -0.3 is 10.2 Å². The zero-order valence-corrected chi connectivity index (χ0v) is 13.4. The molecule has 1 aromatic rings. The van der Waals surface area contributed by atoms with E-state index < -0.39 is 0 Å². The average Bonchev–Trinajstić information content (AvgIpc) is 2.45. The van der Waals surface area contributed by atoms with Crippen LogP contribution in [0.1, 0.15) is 59.1 Å². The first-order valence-electron chi connectivity index (χ1n) is 7.89. The van der Waals surface area contributed by atoms with Gasteiger partial charge in [0, 0.05) is 31.1 Å². The first kappa shape index (κ1) is 15.1. The van der Waals surface area contributed by atoms with Crippen LogP contribution in [0.25, 0.3) is 0 Å². The van der Waals surface area contributed by atoms with Gasteiger partial charge in [-0.2, -0.15) is 4.98 Å². The molecule has 4 nitrogen and oxygen atoms in total. The van der Waals surface area contributed by atoms with E-state index in [2.05, 4.69) is 44.0 Å². The Morgan fingerprint density at radius 1 is 1.15 bits per heavy atom. The molecule has 1 aromatic heterocycles. The van der Waals surface area contributed by atoms with Crippen molar-refractivity contribution in [3.63, 3.8) is 0 Å². The molecule has 20 heavy (non-hydrogen) atoms. The third kappa shape index (κ3) is 3.84. The summed E-state index contributed by atoms with van der Waals surface area (Å²) in [6.07, 6.45) is 4.94. The minimum absolute atomic E-state index is 0.0517. The van der Waals surface area contributed by atoms with Crippen LogP contribution in [-0.4, -0.2) is 29.6 Å². The summed E-state index contributed by atoms with van der Waals surface area (Å²) in [4.78, 5) is 11.9. The summed E-state index contributed by atoms with van der Waals surface area (Å²) in [5.74, 6) is 1.86. The van der Waals surface area contributed by atoms with Gasteiger partial charge in [0.25, 0.3) is 0 Å². The number of hydrogen-bond donors (Lipinski definition) is 1. The molecule has 0 spiro atoms. The van der Waals surface area contributed by atoms with Crippen molar-refractivity contribution in [1.82, 2.24) is 9.97 Å². The van der Waals surface area contributed by atoms with E-state index >= 15 is 0 Å². The summed E-state index contributed by atoms with van der Waals surface area (Å²) in [6.45, 7) is 11.9. The first-order chi connectivity index (χ1) is 9.50. The summed E-state index contributed by atoms with van der Waals surface area (Å²) < 4.78 is 0. The molecule has 1 saturated heterocycles. The monoisotopic (exact) mass is 276 g/mol. The molecule has 2 heterocycles. The van der Waals surface area contributed by atoms with E-state index in [-0.39, 0.29) is 5.41 Å². The zero-order valence-electron chi connectivity index (χ0n) is 13.4. The molecule has 0 atom stereocenters. The molecule has 0 unspecified atom stereocenters. The third-order valence-electron chi connectivity index (χ3n) is 3.68. The molecule has 112 valence electrons. The lowest BCUT2D eigenvalue weighted by Crippen LogP contribution is -2.32. The maximum atomic E-state index is 4.81. The molecular formula is C16H28N4. The fourth-order valence-corrected chi connectivity index (χ4v) is 2.40. The highest BCUT2D eigenvalue weighted by Crippen LogP contribution is 2.26. The van der Waals surface area contributed by atoms with E-state index in [1.165, 1.54) is 19.3 Å². The second kappa shape index (κ2) is 6.42. The molecule has 1 aliphatic rings. The molecule has 0 aromatic carbocycles. The molecule has 0 saturated carbocycles. The molecular weight excluding hydrogens is 248 g/mol. The Balaban J connectivity index is 2.29. The molecule has 0 aliphatic carbocycles. The van der Waals surface area contributed by atoms with Crippen LogP contribution >= 0.6 is 0 Å². The predicted molar refractivity (Wildman–Crippen MR) is 85.6 cm³/mol. The highest BCUT2D eigenvalue weighted by molar-refractivity contribution is 5.45. The molecule has 2 rings (SSSR count). The van der Waals surface area contributed by atoms with Gasteiger partial charge in [-0.15, -0.1) is 0 Å². The van der Waals surface area contributed by atoms with Gasteiger partial charge in [-0.1, -0.05) is 27.7 Å². The Morgan fingerprint density at radius 2 is 1.85 bits per heavy atom. The minimum atomic E-state index is 0.0517. The van der Waals surface area contributed by atoms with Crippen molar-refractivity contribution in [2.24, 2.45) is 0 Å². The first-order valence-corrected chi connectivity index (χ1v) is 7.89. The Hall–Kier alpha value is -1.32. The van der Waals surface area contributed by atoms with E-state index in [0.29, 0.717) is 0 Å². The zero-order chi connectivity index (χ0) is 14.6. The number of piperidine rings is 1. The number of nitrogens with zero attached hydrogens (tertiary/aromatic N) is 3. The highest BCUT2D eigenvalue weighted by atomic mass is 15.3. The lowest BCUT2D eigenvalue weighted by Gasteiger charge is -2.28. The lowest BCUT2D eigenvalue weighted by atomic mass is 9.92. The second-order valence-corrected chi connectivity index (χ2v) is 6.66. The van der Waals surface area contributed by atoms with Gasteiger partial charge in [-0.3, -0.25) is 0 Å². The van der Waals surface area contributed by atoms with Crippen LogP contribution < -0.4 is 10.2 Å². The SMILES string of the molecule is CCCNc1cc(C(C)(C)C)nc(N2CCCCC2)n1. The van der Waals surface area contributed by atoms with Crippen LogP contribution in [0, 0.1) is 0 Å². The number of nitrogens with one attached hydrogen (secondary N) is 1. The normalized spacial score (nSPS) is 16.3. The maximum Gasteiger partial charge on any atom is 0.227 e. The van der Waals surface area contributed by atoms with Crippen molar-refractivity contribution >= 4 is 11.8 Å². The molecule has 1 aliphatic heterocycles. The summed E-state index contributed by atoms with van der Waals surface area (Å²) in [6, 6.07) is 2.10. The van der Waals surface area contributed by atoms with E-state index in [1.54, 1.807) is 0 Å². The highest BCUT2D eigenvalue weighted by Gasteiger charge is 2.21. The van der Waals surface area contributed by atoms with Crippen LogP contribution in [0.3, 0.4) is 0 Å². The van der Waals surface area contributed by atoms with Gasteiger partial charge in [0.1, 0.15) is 5.82 Å². The quantitative estimate of drug-likeness (QED) is 0.912. The van der Waals surface area contributed by atoms with Crippen LogP contribution in [0.2, 0.25) is 0 Å². The van der Waals surface area contributed by atoms with Gasteiger partial charge in [0.05, 0.1) is 5.69 Å². The smallest absolute Gasteiger partial charge is 0.227 e. The van der Waals surface area contributed by atoms with Crippen molar-refractivity contribution in [2.75, 3.05) is 29.9 Å². The predicted octanol–water partition coefficient (Wildman–Crippen LogP) is 3.59. The molecule has 0 amide bonds. The standard InChI is InChI=1S/C16H28N4/c1-5-9-17-14-12-13(16(2,3)4)18-15(19-14)20-10-7-6-8-11-20/h12H,5-11H2,1-4H3,(H,17,18,19). The van der Waals surface area contributed by atoms with Crippen molar-refractivity contribution in [2.45, 2.75) is 58.8 Å². The number of rotatable bonds is 4. The van der Waals surface area contributed by atoms with Crippen LogP contribution in [0.5, 0.6) is 0 Å². The lowest BCUT2D eigenvalue weighted by molar-refractivity contribution is 0.548. The van der Waals surface area contributed by atoms with Crippen LogP contribution in [0.4, 0.5) is 11.8 Å². The van der Waals surface area contributed by atoms with Crippen LogP contribution in [0.15, 0.2) is 6.07 Å². The molecule has 0 bridgehead atoms. The molecule has 4 heteroatoms. The second-order valence-electron chi connectivity index (χ2n) is 6.66. The van der Waals surface area contributed by atoms with Crippen LogP contribution in [-0.2, 0) is 5.41 Å². The third-order valence-corrected chi connectivity index (χ3v) is 3.68. The van der Waals surface area contributed by atoms with Crippen molar-refractivity contribution in [1.29, 1.82) is 0 Å². The van der Waals surface area contributed by atoms with Gasteiger partial charge >= 0.3 is 0 Å². The summed E-state index contributed by atoms with van der Waals surface area (Å²) in [7, 11) is 0. The number of anilines is 2. The maximum absolute atomic E-state index is 4.81. The number of hydrogen-bond acceptors (Lipinski definition) is 4.